The summed E-state index contributed by atoms with van der Waals surface area (Å²) < 4.78 is 24.7. The highest BCUT2D eigenvalue weighted by Crippen LogP contribution is 2.21. The minimum Gasteiger partial charge on any atom is -0.479 e. The first kappa shape index (κ1) is 27.2. The average molecular weight is 408 g/mol. The largest absolute Gasteiger partial charge is 0.528 e. The number of hydrogen-bond acceptors (Lipinski definition) is 8. The Balaban J connectivity index is 0. The smallest absolute Gasteiger partial charge is 0.479 e. The molecule has 10 nitrogen and oxygen atoms in total. The Labute approximate surface area is 159 Å². The molecule has 27 heavy (non-hydrogen) atoms. The van der Waals surface area contributed by atoms with Crippen molar-refractivity contribution in [2.45, 2.75) is 33.0 Å². The SMILES string of the molecule is C=CC(=O)OC.C=C[Si](OCC)(OCC)OCC.O=C(O)C1OC1C(=O)O. The molecule has 11 heteroatoms. The summed E-state index contributed by atoms with van der Waals surface area (Å²) in [5, 5.41) is 16.2. The molecule has 0 aromatic heterocycles. The van der Waals surface area contributed by atoms with Gasteiger partial charge in [-0.15, -0.1) is 0 Å². The molecule has 0 aromatic carbocycles. The van der Waals surface area contributed by atoms with Crippen LogP contribution >= 0.6 is 0 Å². The molecule has 0 bridgehead atoms. The highest BCUT2D eigenvalue weighted by Gasteiger charge is 2.51. The second kappa shape index (κ2) is 15.0. The summed E-state index contributed by atoms with van der Waals surface area (Å²) in [5.41, 5.74) is 1.67. The predicted molar refractivity (Wildman–Crippen MR) is 97.0 cm³/mol. The van der Waals surface area contributed by atoms with Gasteiger partial charge in [-0.05, 0) is 26.5 Å². The van der Waals surface area contributed by atoms with Crippen molar-refractivity contribution in [2.24, 2.45) is 0 Å². The normalized spacial score (nSPS) is 17.2. The van der Waals surface area contributed by atoms with E-state index in [2.05, 4.69) is 22.6 Å². The fourth-order valence-electron chi connectivity index (χ4n) is 1.48. The van der Waals surface area contributed by atoms with Crippen molar-refractivity contribution in [2.75, 3.05) is 26.9 Å². The Morgan fingerprint density at radius 3 is 1.44 bits per heavy atom. The molecular weight excluding hydrogens is 380 g/mol. The molecule has 1 aliphatic heterocycles. The third-order valence-electron chi connectivity index (χ3n) is 2.63. The van der Waals surface area contributed by atoms with Gasteiger partial charge in [-0.2, -0.15) is 0 Å². The Morgan fingerprint density at radius 1 is 0.963 bits per heavy atom. The molecule has 156 valence electrons. The summed E-state index contributed by atoms with van der Waals surface area (Å²) in [6, 6.07) is 0. The number of methoxy groups -OCH3 is 1. The molecule has 2 N–H and O–H groups in total. The van der Waals surface area contributed by atoms with Gasteiger partial charge in [0.1, 0.15) is 0 Å². The maximum absolute atomic E-state index is 9.89. The van der Waals surface area contributed by atoms with Crippen LogP contribution in [0.25, 0.3) is 0 Å². The molecule has 1 aliphatic rings. The van der Waals surface area contributed by atoms with Gasteiger partial charge >= 0.3 is 26.7 Å². The van der Waals surface area contributed by atoms with Crippen LogP contribution in [0.4, 0.5) is 0 Å². The minimum absolute atomic E-state index is 0.394. The molecule has 2 unspecified atom stereocenters. The van der Waals surface area contributed by atoms with E-state index < -0.39 is 38.9 Å². The highest BCUT2D eigenvalue weighted by atomic mass is 28.4. The molecule has 0 spiro atoms. The topological polar surface area (TPSA) is 141 Å². The van der Waals surface area contributed by atoms with Gasteiger partial charge in [0.05, 0.1) is 7.11 Å². The zero-order chi connectivity index (χ0) is 21.5. The van der Waals surface area contributed by atoms with Crippen molar-refractivity contribution in [1.82, 2.24) is 0 Å². The van der Waals surface area contributed by atoms with Crippen LogP contribution in [0.1, 0.15) is 20.8 Å². The molecule has 0 radical (unpaired) electrons. The minimum atomic E-state index is -2.51. The van der Waals surface area contributed by atoms with Crippen molar-refractivity contribution < 1.29 is 47.3 Å². The Kier molecular flexibility index (Phi) is 15.1. The quantitative estimate of drug-likeness (QED) is 0.233. The number of rotatable bonds is 10. The Morgan fingerprint density at radius 2 is 1.33 bits per heavy atom. The second-order valence-corrected chi connectivity index (χ2v) is 6.97. The second-order valence-electron chi connectivity index (χ2n) is 4.49. The van der Waals surface area contributed by atoms with Crippen molar-refractivity contribution in [3.8, 4) is 0 Å². The number of carbonyl (C=O) groups excluding carboxylic acids is 1. The van der Waals surface area contributed by atoms with Crippen LogP contribution in [-0.4, -0.2) is 76.1 Å². The van der Waals surface area contributed by atoms with Crippen LogP contribution in [0.2, 0.25) is 0 Å². The third kappa shape index (κ3) is 12.0. The first-order chi connectivity index (χ1) is 12.7. The molecule has 0 amide bonds. The summed E-state index contributed by atoms with van der Waals surface area (Å²) in [5.74, 6) is -2.83. The van der Waals surface area contributed by atoms with Crippen molar-refractivity contribution >= 4 is 26.7 Å². The molecular formula is C16H28O10Si. The molecule has 0 saturated carbocycles. The van der Waals surface area contributed by atoms with Crippen LogP contribution in [0.5, 0.6) is 0 Å². The van der Waals surface area contributed by atoms with Crippen LogP contribution < -0.4 is 0 Å². The molecule has 1 saturated heterocycles. The third-order valence-corrected chi connectivity index (χ3v) is 5.21. The maximum Gasteiger partial charge on any atom is 0.528 e. The van der Waals surface area contributed by atoms with Gasteiger partial charge in [-0.25, -0.2) is 14.4 Å². The summed E-state index contributed by atoms with van der Waals surface area (Å²) in [4.78, 5) is 29.6. The number of esters is 1. The van der Waals surface area contributed by atoms with Gasteiger partial charge < -0.3 is 33.0 Å². The first-order valence-corrected chi connectivity index (χ1v) is 9.85. The van der Waals surface area contributed by atoms with E-state index in [1.165, 1.54) is 7.11 Å². The zero-order valence-electron chi connectivity index (χ0n) is 16.0. The van der Waals surface area contributed by atoms with Crippen molar-refractivity contribution in [3.63, 3.8) is 0 Å². The lowest BCUT2D eigenvalue weighted by Crippen LogP contribution is -2.44. The van der Waals surface area contributed by atoms with Gasteiger partial charge in [-0.1, -0.05) is 13.2 Å². The zero-order valence-corrected chi connectivity index (χ0v) is 17.0. The van der Waals surface area contributed by atoms with Crippen molar-refractivity contribution in [1.29, 1.82) is 0 Å². The van der Waals surface area contributed by atoms with Crippen LogP contribution in [-0.2, 0) is 37.1 Å². The van der Waals surface area contributed by atoms with Gasteiger partial charge in [0, 0.05) is 25.9 Å². The Bertz CT molecular complexity index is 459. The van der Waals surface area contributed by atoms with E-state index in [9.17, 15) is 14.4 Å². The van der Waals surface area contributed by atoms with E-state index in [0.29, 0.717) is 19.8 Å². The first-order valence-electron chi connectivity index (χ1n) is 8.05. The fraction of sp³-hybridized carbons (Fsp3) is 0.562. The molecule has 0 aliphatic carbocycles. The van der Waals surface area contributed by atoms with E-state index >= 15 is 0 Å². The lowest BCUT2D eigenvalue weighted by molar-refractivity contribution is -0.140. The number of carboxylic acids is 2. The fourth-order valence-corrected chi connectivity index (χ4v) is 3.29. The highest BCUT2D eigenvalue weighted by molar-refractivity contribution is 6.66. The molecule has 0 aromatic rings. The number of aliphatic carboxylic acids is 2. The maximum atomic E-state index is 9.89. The van der Waals surface area contributed by atoms with Crippen LogP contribution in [0, 0.1) is 0 Å². The Hall–Kier alpha value is -2.05. The number of carboxylic acid groups (broad SMARTS) is 2. The van der Waals surface area contributed by atoms with Crippen LogP contribution in [0.15, 0.2) is 24.9 Å². The number of ether oxygens (including phenoxy) is 2. The average Bonchev–Trinajstić information content (AvgIpc) is 3.44. The number of carbonyl (C=O) groups is 3. The summed E-state index contributed by atoms with van der Waals surface area (Å²) in [7, 11) is -1.20. The summed E-state index contributed by atoms with van der Waals surface area (Å²) in [6.07, 6.45) is -1.13. The standard InChI is InChI=1S/C8H18O3Si.C4H4O5.C4H6O2/c1-5-9-12(8-4,10-6-2)11-7-3;5-3(6)1-2(9-1)4(7)8;1-3-4(5)6-2/h8H,4-7H2,1-3H3;1-2H,(H,5,6)(H,7,8);3H,1H2,2H3. The van der Waals surface area contributed by atoms with E-state index in [1.807, 2.05) is 20.8 Å². The number of hydrogen-bond donors (Lipinski definition) is 2. The molecule has 2 atom stereocenters. The predicted octanol–water partition coefficient (Wildman–Crippen LogP) is 1.03. The lowest BCUT2D eigenvalue weighted by Gasteiger charge is -2.24. The van der Waals surface area contributed by atoms with Gasteiger partial charge in [0.2, 0.25) is 0 Å². The lowest BCUT2D eigenvalue weighted by atomic mass is 10.3. The van der Waals surface area contributed by atoms with E-state index in [0.717, 1.165) is 6.08 Å². The van der Waals surface area contributed by atoms with Gasteiger partial charge in [0.25, 0.3) is 0 Å². The summed E-state index contributed by atoms with van der Waals surface area (Å²) in [6.45, 7) is 14.4. The van der Waals surface area contributed by atoms with E-state index in [1.54, 1.807) is 5.70 Å². The molecule has 1 fully saturated rings. The van der Waals surface area contributed by atoms with Gasteiger partial charge in [-0.3, -0.25) is 0 Å². The number of epoxide rings is 1. The van der Waals surface area contributed by atoms with Gasteiger partial charge in [0.15, 0.2) is 12.2 Å². The monoisotopic (exact) mass is 408 g/mol. The van der Waals surface area contributed by atoms with Crippen LogP contribution in [0.3, 0.4) is 0 Å². The molecule has 1 rings (SSSR count). The summed E-state index contributed by atoms with van der Waals surface area (Å²) >= 11 is 0. The van der Waals surface area contributed by atoms with E-state index in [4.69, 9.17) is 23.5 Å². The van der Waals surface area contributed by atoms with Crippen molar-refractivity contribution in [3.05, 3.63) is 24.9 Å². The van der Waals surface area contributed by atoms with E-state index in [-0.39, 0.29) is 0 Å². The molecule has 1 heterocycles.